The van der Waals surface area contributed by atoms with Crippen LogP contribution in [0.5, 0.6) is 0 Å². The first kappa shape index (κ1) is 18.3. The van der Waals surface area contributed by atoms with Crippen molar-refractivity contribution >= 4 is 5.96 Å². The van der Waals surface area contributed by atoms with Crippen LogP contribution in [0.1, 0.15) is 65.2 Å². The molecule has 21 heavy (non-hydrogen) atoms. The van der Waals surface area contributed by atoms with Gasteiger partial charge in [-0.05, 0) is 58.7 Å². The molecule has 1 fully saturated rings. The Morgan fingerprint density at radius 2 is 1.76 bits per heavy atom. The first-order chi connectivity index (χ1) is 10.4. The second kappa shape index (κ2) is 12.9. The summed E-state index contributed by atoms with van der Waals surface area (Å²) >= 11 is 0. The van der Waals surface area contributed by atoms with Crippen molar-refractivity contribution in [2.75, 3.05) is 39.3 Å². The highest BCUT2D eigenvalue weighted by molar-refractivity contribution is 5.79. The molecule has 1 aliphatic heterocycles. The molecule has 4 heteroatoms. The van der Waals surface area contributed by atoms with Crippen LogP contribution in [-0.2, 0) is 0 Å². The Bertz CT molecular complexity index is 260. The summed E-state index contributed by atoms with van der Waals surface area (Å²) in [6.45, 7) is 11.2. The van der Waals surface area contributed by atoms with Gasteiger partial charge in [0.1, 0.15) is 0 Å². The average molecular weight is 297 g/mol. The summed E-state index contributed by atoms with van der Waals surface area (Å²) < 4.78 is 0. The highest BCUT2D eigenvalue weighted by atomic mass is 15.2. The van der Waals surface area contributed by atoms with Gasteiger partial charge in [-0.25, -0.2) is 0 Å². The second-order valence-corrected chi connectivity index (χ2v) is 6.00. The fraction of sp³-hybridized carbons (Fsp3) is 0.941. The Kier molecular flexibility index (Phi) is 11.3. The molecule has 0 unspecified atom stereocenters. The van der Waals surface area contributed by atoms with Crippen LogP contribution < -0.4 is 10.6 Å². The predicted molar refractivity (Wildman–Crippen MR) is 93.0 cm³/mol. The van der Waals surface area contributed by atoms with Gasteiger partial charge in [0, 0.05) is 19.6 Å². The van der Waals surface area contributed by atoms with Gasteiger partial charge in [-0.3, -0.25) is 4.99 Å². The third kappa shape index (κ3) is 9.72. The quantitative estimate of drug-likeness (QED) is 0.350. The van der Waals surface area contributed by atoms with Crippen molar-refractivity contribution in [3.8, 4) is 0 Å². The first-order valence-electron chi connectivity index (χ1n) is 9.11. The molecule has 0 amide bonds. The topological polar surface area (TPSA) is 39.7 Å². The predicted octanol–water partition coefficient (Wildman–Crippen LogP) is 3.00. The molecule has 1 heterocycles. The van der Waals surface area contributed by atoms with Crippen molar-refractivity contribution in [2.45, 2.75) is 65.2 Å². The minimum atomic E-state index is 0.939. The fourth-order valence-electron chi connectivity index (χ4n) is 2.74. The normalized spacial score (nSPS) is 16.4. The maximum Gasteiger partial charge on any atom is 0.191 e. The summed E-state index contributed by atoms with van der Waals surface area (Å²) in [5.74, 6) is 0.996. The lowest BCUT2D eigenvalue weighted by Gasteiger charge is -2.15. The standard InChI is InChI=1S/C17H36N4/c1-3-5-6-7-12-19-17(18-4-2)20-13-8-9-14-21-15-10-11-16-21/h3-16H2,1-2H3,(H2,18,19,20). The number of hydrogen-bond acceptors (Lipinski definition) is 2. The number of nitrogens with one attached hydrogen (secondary N) is 2. The number of hydrogen-bond donors (Lipinski definition) is 2. The van der Waals surface area contributed by atoms with Crippen LogP contribution in [-0.4, -0.2) is 50.1 Å². The van der Waals surface area contributed by atoms with E-state index in [2.05, 4.69) is 34.4 Å². The molecule has 0 aromatic heterocycles. The van der Waals surface area contributed by atoms with Gasteiger partial charge in [-0.2, -0.15) is 0 Å². The molecule has 1 saturated heterocycles. The van der Waals surface area contributed by atoms with Gasteiger partial charge >= 0.3 is 0 Å². The minimum Gasteiger partial charge on any atom is -0.357 e. The van der Waals surface area contributed by atoms with Crippen LogP contribution in [0.3, 0.4) is 0 Å². The molecule has 1 aliphatic rings. The molecule has 0 atom stereocenters. The summed E-state index contributed by atoms with van der Waals surface area (Å²) in [4.78, 5) is 7.23. The largest absolute Gasteiger partial charge is 0.357 e. The van der Waals surface area contributed by atoms with E-state index in [1.165, 1.54) is 71.0 Å². The Labute approximate surface area is 131 Å². The van der Waals surface area contributed by atoms with Gasteiger partial charge in [0.15, 0.2) is 5.96 Å². The number of nitrogens with zero attached hydrogens (tertiary/aromatic N) is 2. The third-order valence-corrected chi connectivity index (χ3v) is 4.02. The molecular weight excluding hydrogens is 260 g/mol. The number of likely N-dealkylation sites (tertiary alicyclic amines) is 1. The van der Waals surface area contributed by atoms with E-state index in [9.17, 15) is 0 Å². The van der Waals surface area contributed by atoms with Gasteiger partial charge in [-0.1, -0.05) is 26.2 Å². The zero-order valence-electron chi connectivity index (χ0n) is 14.3. The van der Waals surface area contributed by atoms with E-state index in [-0.39, 0.29) is 0 Å². The zero-order valence-corrected chi connectivity index (χ0v) is 14.3. The van der Waals surface area contributed by atoms with Crippen molar-refractivity contribution in [3.63, 3.8) is 0 Å². The molecule has 0 aromatic carbocycles. The van der Waals surface area contributed by atoms with Crippen molar-refractivity contribution in [1.29, 1.82) is 0 Å². The molecule has 124 valence electrons. The molecule has 1 rings (SSSR count). The van der Waals surface area contributed by atoms with Crippen molar-refractivity contribution in [2.24, 2.45) is 4.99 Å². The van der Waals surface area contributed by atoms with Crippen molar-refractivity contribution in [1.82, 2.24) is 15.5 Å². The summed E-state index contributed by atoms with van der Waals surface area (Å²) in [6.07, 6.45) is 10.4. The van der Waals surface area contributed by atoms with Crippen molar-refractivity contribution in [3.05, 3.63) is 0 Å². The van der Waals surface area contributed by atoms with E-state index in [0.717, 1.165) is 25.6 Å². The lowest BCUT2D eigenvalue weighted by Crippen LogP contribution is -2.38. The van der Waals surface area contributed by atoms with Gasteiger partial charge in [0.25, 0.3) is 0 Å². The fourth-order valence-corrected chi connectivity index (χ4v) is 2.74. The smallest absolute Gasteiger partial charge is 0.191 e. The van der Waals surface area contributed by atoms with Crippen LogP contribution in [0, 0.1) is 0 Å². The van der Waals surface area contributed by atoms with E-state index in [1.807, 2.05) is 0 Å². The SMILES string of the molecule is CCCCCCN=C(NCC)NCCCCN1CCCC1. The average Bonchev–Trinajstić information content (AvgIpc) is 3.00. The Hall–Kier alpha value is -0.770. The summed E-state index contributed by atoms with van der Waals surface area (Å²) in [5, 5.41) is 6.79. The highest BCUT2D eigenvalue weighted by Crippen LogP contribution is 2.07. The first-order valence-corrected chi connectivity index (χ1v) is 9.11. The molecule has 0 aromatic rings. The van der Waals surface area contributed by atoms with E-state index in [4.69, 9.17) is 0 Å². The Balaban J connectivity index is 2.04. The molecule has 0 bridgehead atoms. The van der Waals surface area contributed by atoms with E-state index >= 15 is 0 Å². The Morgan fingerprint density at radius 3 is 2.48 bits per heavy atom. The lowest BCUT2D eigenvalue weighted by molar-refractivity contribution is 0.330. The molecule has 0 saturated carbocycles. The van der Waals surface area contributed by atoms with Crippen LogP contribution in [0.4, 0.5) is 0 Å². The van der Waals surface area contributed by atoms with Crippen molar-refractivity contribution < 1.29 is 0 Å². The number of aliphatic imine (C=N–C) groups is 1. The van der Waals surface area contributed by atoms with Crippen LogP contribution in [0.25, 0.3) is 0 Å². The highest BCUT2D eigenvalue weighted by Gasteiger charge is 2.09. The molecule has 2 N–H and O–H groups in total. The minimum absolute atomic E-state index is 0.939. The maximum absolute atomic E-state index is 4.64. The molecule has 0 radical (unpaired) electrons. The number of unbranched alkanes of at least 4 members (excludes halogenated alkanes) is 4. The second-order valence-electron chi connectivity index (χ2n) is 6.00. The van der Waals surface area contributed by atoms with Gasteiger partial charge < -0.3 is 15.5 Å². The lowest BCUT2D eigenvalue weighted by atomic mass is 10.2. The molecule has 4 nitrogen and oxygen atoms in total. The van der Waals surface area contributed by atoms with Gasteiger partial charge in [-0.15, -0.1) is 0 Å². The molecule has 0 spiro atoms. The van der Waals surface area contributed by atoms with Gasteiger partial charge in [0.05, 0.1) is 0 Å². The van der Waals surface area contributed by atoms with E-state index < -0.39 is 0 Å². The molecular formula is C17H36N4. The third-order valence-electron chi connectivity index (χ3n) is 4.02. The maximum atomic E-state index is 4.64. The van der Waals surface area contributed by atoms with E-state index in [1.54, 1.807) is 0 Å². The van der Waals surface area contributed by atoms with Gasteiger partial charge in [0.2, 0.25) is 0 Å². The monoisotopic (exact) mass is 296 g/mol. The summed E-state index contributed by atoms with van der Waals surface area (Å²) in [7, 11) is 0. The van der Waals surface area contributed by atoms with Crippen LogP contribution in [0.2, 0.25) is 0 Å². The summed E-state index contributed by atoms with van der Waals surface area (Å²) in [6, 6.07) is 0. The zero-order chi connectivity index (χ0) is 15.2. The van der Waals surface area contributed by atoms with Crippen LogP contribution >= 0.6 is 0 Å². The van der Waals surface area contributed by atoms with E-state index in [0.29, 0.717) is 0 Å². The summed E-state index contributed by atoms with van der Waals surface area (Å²) in [5.41, 5.74) is 0. The number of guanidine groups is 1. The Morgan fingerprint density at radius 1 is 0.952 bits per heavy atom. The van der Waals surface area contributed by atoms with Crippen LogP contribution in [0.15, 0.2) is 4.99 Å². The number of rotatable bonds is 11. The molecule has 0 aliphatic carbocycles.